The molecule has 0 radical (unpaired) electrons. The minimum Gasteiger partial charge on any atom is -0.322 e. The molecule has 1 aromatic heterocycles. The Kier molecular flexibility index (Phi) is 6.03. The summed E-state index contributed by atoms with van der Waals surface area (Å²) in [5, 5.41) is 13.6. The minimum atomic E-state index is -0.482. The Hall–Kier alpha value is -2.93. The van der Waals surface area contributed by atoms with Gasteiger partial charge in [0.25, 0.3) is 0 Å². The lowest BCUT2D eigenvalue weighted by Crippen LogP contribution is -2.53. The van der Waals surface area contributed by atoms with E-state index in [1.54, 1.807) is 16.8 Å². The Morgan fingerprint density at radius 2 is 2.15 bits per heavy atom. The van der Waals surface area contributed by atoms with E-state index in [-0.39, 0.29) is 17.9 Å². The smallest absolute Gasteiger partial charge is 0.249 e. The third kappa shape index (κ3) is 5.04. The van der Waals surface area contributed by atoms with Crippen LogP contribution in [0.25, 0.3) is 6.08 Å². The lowest BCUT2D eigenvalue weighted by Gasteiger charge is -2.32. The summed E-state index contributed by atoms with van der Waals surface area (Å²) >= 11 is 0. The fourth-order valence-corrected chi connectivity index (χ4v) is 3.14. The van der Waals surface area contributed by atoms with Crippen LogP contribution in [0.15, 0.2) is 42.5 Å². The summed E-state index contributed by atoms with van der Waals surface area (Å²) in [4.78, 5) is 24.4. The topological polar surface area (TPSA) is 88.1 Å². The van der Waals surface area contributed by atoms with E-state index in [0.717, 1.165) is 24.1 Å². The van der Waals surface area contributed by atoms with E-state index in [1.807, 2.05) is 37.3 Å². The highest BCUT2D eigenvalue weighted by atomic mass is 16.2. The zero-order chi connectivity index (χ0) is 19.2. The van der Waals surface area contributed by atoms with Gasteiger partial charge in [0.15, 0.2) is 6.29 Å². The Morgan fingerprint density at radius 3 is 2.89 bits per heavy atom. The zero-order valence-electron chi connectivity index (χ0n) is 15.6. The van der Waals surface area contributed by atoms with Crippen molar-refractivity contribution in [3.8, 4) is 0 Å². The molecule has 2 unspecified atom stereocenters. The van der Waals surface area contributed by atoms with Gasteiger partial charge in [0, 0.05) is 24.6 Å². The number of hydrogen-bond acceptors (Lipinski definition) is 4. The molecule has 2 aromatic rings. The van der Waals surface area contributed by atoms with Crippen molar-refractivity contribution in [3.05, 3.63) is 53.7 Å². The lowest BCUT2D eigenvalue weighted by atomic mass is 10.1. The number of rotatable bonds is 6. The molecule has 1 saturated heterocycles. The maximum Gasteiger partial charge on any atom is 0.249 e. The minimum absolute atomic E-state index is 0.0217. The van der Waals surface area contributed by atoms with Gasteiger partial charge in [-0.2, -0.15) is 5.10 Å². The van der Waals surface area contributed by atoms with Gasteiger partial charge >= 0.3 is 0 Å². The number of nitrogens with one attached hydrogen (secondary N) is 3. The molecule has 1 fully saturated rings. The summed E-state index contributed by atoms with van der Waals surface area (Å²) in [5.74, 6) is 0.254. The highest BCUT2D eigenvalue weighted by molar-refractivity contribution is 6.01. The van der Waals surface area contributed by atoms with Crippen molar-refractivity contribution >= 4 is 23.7 Å². The van der Waals surface area contributed by atoms with Gasteiger partial charge in [-0.25, -0.2) is 4.68 Å². The van der Waals surface area contributed by atoms with Gasteiger partial charge in [-0.1, -0.05) is 43.7 Å². The van der Waals surface area contributed by atoms with E-state index in [0.29, 0.717) is 12.2 Å². The summed E-state index contributed by atoms with van der Waals surface area (Å²) in [6.07, 6.45) is 5.10. The van der Waals surface area contributed by atoms with Crippen molar-refractivity contribution in [3.63, 3.8) is 0 Å². The average Bonchev–Trinajstić information content (AvgIpc) is 3.01. The van der Waals surface area contributed by atoms with Crippen LogP contribution in [-0.2, 0) is 9.59 Å². The number of carbonyl (C=O) groups is 2. The molecular weight excluding hydrogens is 342 g/mol. The highest BCUT2D eigenvalue weighted by Gasteiger charge is 2.28. The lowest BCUT2D eigenvalue weighted by molar-refractivity contribution is -0.125. The van der Waals surface area contributed by atoms with Gasteiger partial charge in [-0.15, -0.1) is 0 Å². The standard InChI is InChI=1S/C20H25N5O2/c1-3-7-16-13-19(27)23-20(21-16)25-17(12-14(2)24-25)22-18(26)11-10-15-8-5-4-6-9-15/h4-6,8-12,16,20-21H,3,7,13H2,1-2H3,(H,22,26)(H,23,27)/b11-10+. The number of nitrogens with zero attached hydrogens (tertiary/aromatic N) is 2. The van der Waals surface area contributed by atoms with Crippen molar-refractivity contribution in [1.82, 2.24) is 20.4 Å². The van der Waals surface area contributed by atoms with Crippen LogP contribution in [0.2, 0.25) is 0 Å². The number of aromatic nitrogens is 2. The molecule has 7 heteroatoms. The molecule has 2 amide bonds. The van der Waals surface area contributed by atoms with Crippen molar-refractivity contribution in [2.24, 2.45) is 0 Å². The molecule has 0 aliphatic carbocycles. The Bertz CT molecular complexity index is 828. The van der Waals surface area contributed by atoms with Crippen molar-refractivity contribution in [1.29, 1.82) is 0 Å². The fourth-order valence-electron chi connectivity index (χ4n) is 3.14. The Balaban J connectivity index is 1.72. The Morgan fingerprint density at radius 1 is 1.37 bits per heavy atom. The third-order valence-corrected chi connectivity index (χ3v) is 4.34. The molecule has 27 heavy (non-hydrogen) atoms. The van der Waals surface area contributed by atoms with E-state index in [4.69, 9.17) is 0 Å². The first-order valence-corrected chi connectivity index (χ1v) is 9.21. The first kappa shape index (κ1) is 18.8. The van der Waals surface area contributed by atoms with Crippen molar-refractivity contribution < 1.29 is 9.59 Å². The average molecular weight is 367 g/mol. The largest absolute Gasteiger partial charge is 0.322 e. The van der Waals surface area contributed by atoms with Gasteiger partial charge in [-0.05, 0) is 25.0 Å². The van der Waals surface area contributed by atoms with Crippen molar-refractivity contribution in [2.45, 2.75) is 45.4 Å². The van der Waals surface area contributed by atoms with Crippen LogP contribution < -0.4 is 16.0 Å². The zero-order valence-corrected chi connectivity index (χ0v) is 15.6. The summed E-state index contributed by atoms with van der Waals surface area (Å²) < 4.78 is 1.61. The number of benzene rings is 1. The molecule has 1 aliphatic rings. The first-order chi connectivity index (χ1) is 13.0. The Labute approximate surface area is 158 Å². The molecule has 0 bridgehead atoms. The van der Waals surface area contributed by atoms with Crippen LogP contribution in [0.3, 0.4) is 0 Å². The first-order valence-electron chi connectivity index (χ1n) is 9.21. The second kappa shape index (κ2) is 8.64. The maximum atomic E-state index is 12.3. The second-order valence-electron chi connectivity index (χ2n) is 6.68. The number of carbonyl (C=O) groups excluding carboxylic acids is 2. The molecular formula is C20H25N5O2. The van der Waals surface area contributed by atoms with Gasteiger partial charge in [0.05, 0.1) is 5.69 Å². The van der Waals surface area contributed by atoms with Crippen LogP contribution in [0.1, 0.15) is 43.7 Å². The second-order valence-corrected chi connectivity index (χ2v) is 6.68. The van der Waals surface area contributed by atoms with Crippen LogP contribution in [-0.4, -0.2) is 27.6 Å². The molecule has 3 N–H and O–H groups in total. The SMILES string of the molecule is CCCC1CC(=O)NC(n2nc(C)cc2NC(=O)/C=C/c2ccccc2)N1. The molecule has 142 valence electrons. The summed E-state index contributed by atoms with van der Waals surface area (Å²) in [7, 11) is 0. The highest BCUT2D eigenvalue weighted by Crippen LogP contribution is 2.18. The monoisotopic (exact) mass is 367 g/mol. The number of hydrogen-bond donors (Lipinski definition) is 3. The van der Waals surface area contributed by atoms with E-state index in [1.165, 1.54) is 6.08 Å². The van der Waals surface area contributed by atoms with Crippen LogP contribution >= 0.6 is 0 Å². The van der Waals surface area contributed by atoms with Gasteiger partial charge in [-0.3, -0.25) is 14.9 Å². The fraction of sp³-hybridized carbons (Fsp3) is 0.350. The third-order valence-electron chi connectivity index (χ3n) is 4.34. The van der Waals surface area contributed by atoms with Gasteiger partial charge < -0.3 is 10.6 Å². The van der Waals surface area contributed by atoms with E-state index >= 15 is 0 Å². The molecule has 3 rings (SSSR count). The van der Waals surface area contributed by atoms with Crippen LogP contribution in [0, 0.1) is 6.92 Å². The molecule has 2 heterocycles. The molecule has 7 nitrogen and oxygen atoms in total. The number of amides is 2. The predicted molar refractivity (Wildman–Crippen MR) is 105 cm³/mol. The van der Waals surface area contributed by atoms with E-state index in [2.05, 4.69) is 28.0 Å². The predicted octanol–water partition coefficient (Wildman–Crippen LogP) is 2.58. The quantitative estimate of drug-likeness (QED) is 0.685. The normalized spacial score (nSPS) is 19.9. The number of aryl methyl sites for hydroxylation is 1. The number of anilines is 1. The van der Waals surface area contributed by atoms with Crippen molar-refractivity contribution in [2.75, 3.05) is 5.32 Å². The van der Waals surface area contributed by atoms with Crippen LogP contribution in [0.5, 0.6) is 0 Å². The summed E-state index contributed by atoms with van der Waals surface area (Å²) in [6, 6.07) is 11.5. The van der Waals surface area contributed by atoms with Crippen LogP contribution in [0.4, 0.5) is 5.82 Å². The van der Waals surface area contributed by atoms with E-state index in [9.17, 15) is 9.59 Å². The molecule has 0 saturated carbocycles. The van der Waals surface area contributed by atoms with Gasteiger partial charge in [0.2, 0.25) is 11.8 Å². The van der Waals surface area contributed by atoms with Gasteiger partial charge in [0.1, 0.15) is 5.82 Å². The summed E-state index contributed by atoms with van der Waals surface area (Å²) in [6.45, 7) is 3.94. The maximum absolute atomic E-state index is 12.3. The molecule has 0 spiro atoms. The molecule has 1 aromatic carbocycles. The summed E-state index contributed by atoms with van der Waals surface area (Å²) in [5.41, 5.74) is 1.70. The molecule has 1 aliphatic heterocycles. The van der Waals surface area contributed by atoms with E-state index < -0.39 is 6.29 Å². The molecule has 2 atom stereocenters.